The number of methoxy groups -OCH3 is 1. The van der Waals surface area contributed by atoms with Crippen LogP contribution in [0.1, 0.15) is 25.7 Å². The molecule has 0 unspecified atom stereocenters. The molecule has 6 heteroatoms. The van der Waals surface area contributed by atoms with Gasteiger partial charge < -0.3 is 15.4 Å². The summed E-state index contributed by atoms with van der Waals surface area (Å²) in [7, 11) is 3.07. The van der Waals surface area contributed by atoms with Crippen LogP contribution in [0.3, 0.4) is 0 Å². The molecular formula is C15H22ClFN2O2. The van der Waals surface area contributed by atoms with Gasteiger partial charge in [0.1, 0.15) is 0 Å². The third kappa shape index (κ3) is 4.08. The smallest absolute Gasteiger partial charge is 0.227 e. The zero-order chi connectivity index (χ0) is 14.7. The number of carbonyl (C=O) groups is 1. The number of ether oxygens (including phenoxy) is 1. The third-order valence-electron chi connectivity index (χ3n) is 4.05. The van der Waals surface area contributed by atoms with E-state index in [0.29, 0.717) is 12.1 Å². The second-order valence-electron chi connectivity index (χ2n) is 5.33. The van der Waals surface area contributed by atoms with E-state index in [9.17, 15) is 9.18 Å². The largest absolute Gasteiger partial charge is 0.494 e. The minimum Gasteiger partial charge on any atom is -0.494 e. The van der Waals surface area contributed by atoms with Gasteiger partial charge in [-0.05, 0) is 30.9 Å². The van der Waals surface area contributed by atoms with Gasteiger partial charge in [-0.25, -0.2) is 4.39 Å². The fraction of sp³-hybridized carbons (Fsp3) is 0.533. The molecular weight excluding hydrogens is 295 g/mol. The van der Waals surface area contributed by atoms with Crippen LogP contribution in [-0.4, -0.2) is 26.1 Å². The summed E-state index contributed by atoms with van der Waals surface area (Å²) in [4.78, 5) is 13.7. The highest BCUT2D eigenvalue weighted by Gasteiger charge is 2.27. The van der Waals surface area contributed by atoms with Gasteiger partial charge in [0, 0.05) is 31.3 Å². The standard InChI is InChI=1S/C15H21FN2O2.ClH/c1-18(11-6-7-14(20-2)12(16)9-11)15(19)8-10-4-3-5-13(10)17;/h6-7,9-10,13H,3-5,8,17H2,1-2H3;1H/t10-,13+;/m0./s1. The Kier molecular flexibility index (Phi) is 6.42. The summed E-state index contributed by atoms with van der Waals surface area (Å²) in [5.74, 6) is -0.0837. The lowest BCUT2D eigenvalue weighted by Gasteiger charge is -2.21. The predicted molar refractivity (Wildman–Crippen MR) is 83.5 cm³/mol. The number of hydrogen-bond acceptors (Lipinski definition) is 3. The molecule has 2 atom stereocenters. The normalized spacial score (nSPS) is 20.8. The molecule has 0 saturated heterocycles. The Morgan fingerprint density at radius 2 is 2.19 bits per heavy atom. The predicted octanol–water partition coefficient (Wildman–Crippen LogP) is 2.74. The first-order valence-electron chi connectivity index (χ1n) is 6.88. The number of carbonyl (C=O) groups excluding carboxylic acids is 1. The summed E-state index contributed by atoms with van der Waals surface area (Å²) >= 11 is 0. The Morgan fingerprint density at radius 1 is 1.48 bits per heavy atom. The van der Waals surface area contributed by atoms with Crippen molar-refractivity contribution in [1.82, 2.24) is 0 Å². The van der Waals surface area contributed by atoms with E-state index in [1.54, 1.807) is 13.1 Å². The van der Waals surface area contributed by atoms with Crippen molar-refractivity contribution in [2.75, 3.05) is 19.1 Å². The summed E-state index contributed by atoms with van der Waals surface area (Å²) in [6.45, 7) is 0. The molecule has 1 aliphatic rings. The Labute approximate surface area is 130 Å². The highest BCUT2D eigenvalue weighted by atomic mass is 35.5. The van der Waals surface area contributed by atoms with E-state index in [2.05, 4.69) is 0 Å². The summed E-state index contributed by atoms with van der Waals surface area (Å²) < 4.78 is 18.5. The molecule has 1 aliphatic carbocycles. The minimum absolute atomic E-state index is 0. The number of hydrogen-bond donors (Lipinski definition) is 1. The molecule has 0 radical (unpaired) electrons. The molecule has 4 nitrogen and oxygen atoms in total. The zero-order valence-corrected chi connectivity index (χ0v) is 13.2. The van der Waals surface area contributed by atoms with Crippen LogP contribution in [0, 0.1) is 11.7 Å². The van der Waals surface area contributed by atoms with Gasteiger partial charge >= 0.3 is 0 Å². The van der Waals surface area contributed by atoms with Crippen molar-refractivity contribution in [3.63, 3.8) is 0 Å². The molecule has 1 fully saturated rings. The average Bonchev–Trinajstić information content (AvgIpc) is 2.83. The van der Waals surface area contributed by atoms with Crippen LogP contribution in [0.15, 0.2) is 18.2 Å². The molecule has 0 spiro atoms. The molecule has 118 valence electrons. The molecule has 1 aromatic carbocycles. The van der Waals surface area contributed by atoms with Crippen molar-refractivity contribution in [2.24, 2.45) is 11.7 Å². The van der Waals surface area contributed by atoms with E-state index in [1.165, 1.54) is 24.1 Å². The van der Waals surface area contributed by atoms with Crippen LogP contribution in [0.4, 0.5) is 10.1 Å². The van der Waals surface area contributed by atoms with E-state index in [0.717, 1.165) is 19.3 Å². The minimum atomic E-state index is -0.470. The van der Waals surface area contributed by atoms with Gasteiger partial charge in [-0.2, -0.15) is 0 Å². The molecule has 1 amide bonds. The molecule has 2 N–H and O–H groups in total. The monoisotopic (exact) mass is 316 g/mol. The van der Waals surface area contributed by atoms with Crippen LogP contribution in [0.25, 0.3) is 0 Å². The van der Waals surface area contributed by atoms with Crippen molar-refractivity contribution in [3.8, 4) is 5.75 Å². The highest BCUT2D eigenvalue weighted by molar-refractivity contribution is 5.93. The molecule has 1 saturated carbocycles. The number of nitrogens with two attached hydrogens (primary N) is 1. The number of amides is 1. The van der Waals surface area contributed by atoms with Crippen molar-refractivity contribution in [3.05, 3.63) is 24.0 Å². The van der Waals surface area contributed by atoms with Crippen molar-refractivity contribution >= 4 is 24.0 Å². The fourth-order valence-electron chi connectivity index (χ4n) is 2.69. The molecule has 1 aromatic rings. The lowest BCUT2D eigenvalue weighted by molar-refractivity contribution is -0.119. The van der Waals surface area contributed by atoms with Crippen molar-refractivity contribution in [2.45, 2.75) is 31.7 Å². The van der Waals surface area contributed by atoms with Crippen LogP contribution in [0.5, 0.6) is 5.75 Å². The van der Waals surface area contributed by atoms with Crippen molar-refractivity contribution < 1.29 is 13.9 Å². The van der Waals surface area contributed by atoms with E-state index >= 15 is 0 Å². The number of rotatable bonds is 4. The second-order valence-corrected chi connectivity index (χ2v) is 5.33. The second kappa shape index (κ2) is 7.61. The van der Waals surface area contributed by atoms with Crippen LogP contribution >= 0.6 is 12.4 Å². The van der Waals surface area contributed by atoms with E-state index in [4.69, 9.17) is 10.5 Å². The van der Waals surface area contributed by atoms with Gasteiger partial charge in [0.05, 0.1) is 7.11 Å². The highest BCUT2D eigenvalue weighted by Crippen LogP contribution is 2.29. The van der Waals surface area contributed by atoms with E-state index in [-0.39, 0.29) is 36.0 Å². The Balaban J connectivity index is 0.00000220. The van der Waals surface area contributed by atoms with Gasteiger partial charge in [-0.15, -0.1) is 12.4 Å². The van der Waals surface area contributed by atoms with E-state index in [1.807, 2.05) is 0 Å². The molecule has 0 bridgehead atoms. The van der Waals surface area contributed by atoms with Gasteiger partial charge in [0.2, 0.25) is 5.91 Å². The average molecular weight is 317 g/mol. The van der Waals surface area contributed by atoms with E-state index < -0.39 is 5.82 Å². The first-order valence-corrected chi connectivity index (χ1v) is 6.88. The first kappa shape index (κ1) is 17.7. The van der Waals surface area contributed by atoms with Crippen LogP contribution in [0.2, 0.25) is 0 Å². The number of halogens is 2. The quantitative estimate of drug-likeness (QED) is 0.929. The molecule has 0 aromatic heterocycles. The number of nitrogens with zero attached hydrogens (tertiary/aromatic N) is 1. The third-order valence-corrected chi connectivity index (χ3v) is 4.05. The maximum atomic E-state index is 13.7. The van der Waals surface area contributed by atoms with Crippen molar-refractivity contribution in [1.29, 1.82) is 0 Å². The van der Waals surface area contributed by atoms with Crippen LogP contribution < -0.4 is 15.4 Å². The fourth-order valence-corrected chi connectivity index (χ4v) is 2.69. The summed E-state index contributed by atoms with van der Waals surface area (Å²) in [5, 5.41) is 0. The first-order chi connectivity index (χ1) is 9.52. The topological polar surface area (TPSA) is 55.6 Å². The molecule has 0 aliphatic heterocycles. The van der Waals surface area contributed by atoms with Gasteiger partial charge in [0.25, 0.3) is 0 Å². The Morgan fingerprint density at radius 3 is 2.71 bits per heavy atom. The van der Waals surface area contributed by atoms with Crippen LogP contribution in [-0.2, 0) is 4.79 Å². The van der Waals surface area contributed by atoms with Gasteiger partial charge in [-0.1, -0.05) is 6.42 Å². The maximum absolute atomic E-state index is 13.7. The van der Waals surface area contributed by atoms with Gasteiger partial charge in [0.15, 0.2) is 11.6 Å². The molecule has 21 heavy (non-hydrogen) atoms. The Bertz CT molecular complexity index is 499. The molecule has 0 heterocycles. The summed E-state index contributed by atoms with van der Waals surface area (Å²) in [6, 6.07) is 4.62. The summed E-state index contributed by atoms with van der Waals surface area (Å²) in [6.07, 6.45) is 3.49. The lowest BCUT2D eigenvalue weighted by Crippen LogP contribution is -2.33. The zero-order valence-electron chi connectivity index (χ0n) is 12.3. The lowest BCUT2D eigenvalue weighted by atomic mass is 9.99. The SMILES string of the molecule is COc1ccc(N(C)C(=O)C[C@@H]2CCC[C@H]2N)cc1F.Cl. The Hall–Kier alpha value is -1.33. The number of anilines is 1. The maximum Gasteiger partial charge on any atom is 0.227 e. The number of benzene rings is 1. The molecule has 2 rings (SSSR count). The summed E-state index contributed by atoms with van der Waals surface area (Å²) in [5.41, 5.74) is 6.51. The van der Waals surface area contributed by atoms with Gasteiger partial charge in [-0.3, -0.25) is 4.79 Å².